The van der Waals surface area contributed by atoms with Crippen molar-refractivity contribution in [2.45, 2.75) is 4.90 Å². The predicted octanol–water partition coefficient (Wildman–Crippen LogP) is 1.71. The lowest BCUT2D eigenvalue weighted by molar-refractivity contribution is 0.582. The number of nitrogens with one attached hydrogen (secondary N) is 2. The van der Waals surface area contributed by atoms with Crippen molar-refractivity contribution in [1.29, 1.82) is 0 Å². The monoisotopic (exact) mass is 414 g/mol. The van der Waals surface area contributed by atoms with Gasteiger partial charge in [-0.25, -0.2) is 26.1 Å². The molecular formula is C15H15ClN4O4S2. The minimum atomic E-state index is -3.84. The predicted molar refractivity (Wildman–Crippen MR) is 99.2 cm³/mol. The van der Waals surface area contributed by atoms with Crippen molar-refractivity contribution < 1.29 is 16.8 Å². The summed E-state index contributed by atoms with van der Waals surface area (Å²) in [6.07, 6.45) is 3.22. The molecule has 2 aromatic heterocycles. The van der Waals surface area contributed by atoms with E-state index < -0.39 is 25.8 Å². The van der Waals surface area contributed by atoms with E-state index in [2.05, 4.69) is 14.5 Å². The number of anilines is 1. The molecule has 0 bridgehead atoms. The molecule has 0 unspecified atom stereocenters. The number of sulfonamides is 2. The van der Waals surface area contributed by atoms with Crippen molar-refractivity contribution in [1.82, 2.24) is 14.3 Å². The van der Waals surface area contributed by atoms with Gasteiger partial charge in [-0.3, -0.25) is 4.72 Å². The molecule has 0 saturated heterocycles. The van der Waals surface area contributed by atoms with E-state index in [1.807, 2.05) is 0 Å². The van der Waals surface area contributed by atoms with Crippen molar-refractivity contribution in [2.75, 3.05) is 17.0 Å². The Kier molecular flexibility index (Phi) is 5.19. The first kappa shape index (κ1) is 18.6. The van der Waals surface area contributed by atoms with Crippen molar-refractivity contribution in [3.05, 3.63) is 59.9 Å². The fourth-order valence-corrected chi connectivity index (χ4v) is 4.66. The minimum Gasteiger partial charge on any atom is -0.283 e. The largest absolute Gasteiger partial charge is 0.283 e. The maximum Gasteiger partial charge on any atom is 0.240 e. The number of halogens is 1. The van der Waals surface area contributed by atoms with Crippen molar-refractivity contribution in [3.63, 3.8) is 0 Å². The summed E-state index contributed by atoms with van der Waals surface area (Å²) in [4.78, 5) is -0.0264. The van der Waals surface area contributed by atoms with Gasteiger partial charge < -0.3 is 0 Å². The Hall–Kier alpha value is -2.14. The highest BCUT2D eigenvalue weighted by Crippen LogP contribution is 2.15. The van der Waals surface area contributed by atoms with Crippen LogP contribution in [0.1, 0.15) is 0 Å². The number of pyridine rings is 1. The molecule has 0 aliphatic carbocycles. The van der Waals surface area contributed by atoms with E-state index in [0.717, 1.165) is 5.52 Å². The van der Waals surface area contributed by atoms with Crippen LogP contribution in [-0.2, 0) is 20.0 Å². The Morgan fingerprint density at radius 2 is 1.88 bits per heavy atom. The Morgan fingerprint density at radius 3 is 2.65 bits per heavy atom. The summed E-state index contributed by atoms with van der Waals surface area (Å²) in [5, 5.41) is 4.30. The van der Waals surface area contributed by atoms with Gasteiger partial charge in [-0.15, -0.1) is 0 Å². The fraction of sp³-hybridized carbons (Fsp3) is 0.133. The molecule has 3 aromatic rings. The molecule has 0 radical (unpaired) electrons. The summed E-state index contributed by atoms with van der Waals surface area (Å²) in [6, 6.07) is 10.6. The second kappa shape index (κ2) is 7.23. The Balaban J connectivity index is 1.62. The Labute approximate surface area is 155 Å². The SMILES string of the molecule is O=S(=O)(CCNS(=O)(=O)c1cccc(Cl)c1)Nc1ccn2nccc2c1. The van der Waals surface area contributed by atoms with Crippen LogP contribution < -0.4 is 9.44 Å². The third-order valence-corrected chi connectivity index (χ3v) is 6.42. The molecule has 0 aliphatic rings. The van der Waals surface area contributed by atoms with Crippen LogP contribution >= 0.6 is 11.6 Å². The molecule has 3 rings (SSSR count). The molecule has 2 heterocycles. The number of hydrogen-bond acceptors (Lipinski definition) is 5. The maximum absolute atomic E-state index is 12.2. The molecular weight excluding hydrogens is 400 g/mol. The second-order valence-electron chi connectivity index (χ2n) is 5.39. The van der Waals surface area contributed by atoms with E-state index in [1.54, 1.807) is 41.2 Å². The van der Waals surface area contributed by atoms with E-state index in [-0.39, 0.29) is 16.5 Å². The van der Waals surface area contributed by atoms with Crippen LogP contribution in [0, 0.1) is 0 Å². The highest BCUT2D eigenvalue weighted by molar-refractivity contribution is 7.92. The van der Waals surface area contributed by atoms with Crippen molar-refractivity contribution >= 4 is 42.9 Å². The lowest BCUT2D eigenvalue weighted by atomic mass is 10.4. The average molecular weight is 415 g/mol. The summed E-state index contributed by atoms with van der Waals surface area (Å²) in [5.74, 6) is -0.419. The second-order valence-corrected chi connectivity index (χ2v) is 9.44. The molecule has 0 saturated carbocycles. The van der Waals surface area contributed by atoms with Gasteiger partial charge in [-0.05, 0) is 36.4 Å². The first-order valence-corrected chi connectivity index (χ1v) is 11.0. The molecule has 0 atom stereocenters. The van der Waals surface area contributed by atoms with Gasteiger partial charge in [0.15, 0.2) is 0 Å². The van der Waals surface area contributed by atoms with Crippen LogP contribution in [0.3, 0.4) is 0 Å². The molecule has 0 aliphatic heterocycles. The zero-order valence-electron chi connectivity index (χ0n) is 13.3. The van der Waals surface area contributed by atoms with E-state index in [4.69, 9.17) is 11.6 Å². The Bertz CT molecular complexity index is 1140. The number of aromatic nitrogens is 2. The topological polar surface area (TPSA) is 110 Å². The zero-order chi connectivity index (χ0) is 18.8. The lowest BCUT2D eigenvalue weighted by Crippen LogP contribution is -2.31. The summed E-state index contributed by atoms with van der Waals surface area (Å²) >= 11 is 5.78. The van der Waals surface area contributed by atoms with Gasteiger partial charge in [0.2, 0.25) is 20.0 Å². The summed E-state index contributed by atoms with van der Waals surface area (Å²) in [6.45, 7) is -0.279. The molecule has 0 fully saturated rings. The van der Waals surface area contributed by atoms with Gasteiger partial charge in [-0.2, -0.15) is 5.10 Å². The first-order chi connectivity index (χ1) is 12.3. The number of hydrogen-bond donors (Lipinski definition) is 2. The molecule has 0 spiro atoms. The fourth-order valence-electron chi connectivity index (χ4n) is 2.24. The quantitative estimate of drug-likeness (QED) is 0.611. The molecule has 1 aromatic carbocycles. The maximum atomic E-state index is 12.2. The normalized spacial score (nSPS) is 12.3. The molecule has 0 amide bonds. The van der Waals surface area contributed by atoms with Gasteiger partial charge in [0, 0.05) is 24.0 Å². The van der Waals surface area contributed by atoms with Crippen molar-refractivity contribution in [3.8, 4) is 0 Å². The first-order valence-electron chi connectivity index (χ1n) is 7.44. The highest BCUT2D eigenvalue weighted by atomic mass is 35.5. The van der Waals surface area contributed by atoms with Gasteiger partial charge in [0.05, 0.1) is 21.9 Å². The minimum absolute atomic E-state index is 0.0264. The van der Waals surface area contributed by atoms with Crippen LogP contribution in [0.5, 0.6) is 0 Å². The molecule has 2 N–H and O–H groups in total. The molecule has 11 heteroatoms. The third kappa shape index (κ3) is 4.52. The van der Waals surface area contributed by atoms with Gasteiger partial charge in [-0.1, -0.05) is 17.7 Å². The smallest absolute Gasteiger partial charge is 0.240 e. The lowest BCUT2D eigenvalue weighted by Gasteiger charge is -2.10. The zero-order valence-corrected chi connectivity index (χ0v) is 15.7. The highest BCUT2D eigenvalue weighted by Gasteiger charge is 2.17. The van der Waals surface area contributed by atoms with Crippen molar-refractivity contribution in [2.24, 2.45) is 0 Å². The number of rotatable bonds is 7. The molecule has 138 valence electrons. The number of benzene rings is 1. The summed E-state index contributed by atoms with van der Waals surface area (Å²) in [5.41, 5.74) is 1.10. The molecule has 26 heavy (non-hydrogen) atoms. The summed E-state index contributed by atoms with van der Waals surface area (Å²) < 4.78 is 54.9. The standard InChI is InChI=1S/C15H15ClN4O4S2/c16-12-2-1-3-15(10-12)26(23,24)18-7-9-25(21,22)19-13-5-8-20-14(11-13)4-6-17-20/h1-6,8,10-11,18-19H,7,9H2. The van der Waals surface area contributed by atoms with E-state index in [0.29, 0.717) is 5.69 Å². The van der Waals surface area contributed by atoms with E-state index in [9.17, 15) is 16.8 Å². The van der Waals surface area contributed by atoms with Crippen LogP contribution in [0.2, 0.25) is 5.02 Å². The molecule has 8 nitrogen and oxygen atoms in total. The summed E-state index contributed by atoms with van der Waals surface area (Å²) in [7, 11) is -7.57. The number of nitrogens with zero attached hydrogens (tertiary/aromatic N) is 2. The Morgan fingerprint density at radius 1 is 1.08 bits per heavy atom. The van der Waals surface area contributed by atoms with Gasteiger partial charge in [0.25, 0.3) is 0 Å². The third-order valence-electron chi connectivity index (χ3n) is 3.44. The van der Waals surface area contributed by atoms with E-state index >= 15 is 0 Å². The van der Waals surface area contributed by atoms with Crippen LogP contribution in [0.15, 0.2) is 59.8 Å². The van der Waals surface area contributed by atoms with Crippen LogP contribution in [-0.4, -0.2) is 38.7 Å². The van der Waals surface area contributed by atoms with Gasteiger partial charge in [0.1, 0.15) is 0 Å². The van der Waals surface area contributed by atoms with E-state index in [1.165, 1.54) is 18.2 Å². The number of fused-ring (bicyclic) bond motifs is 1. The van der Waals surface area contributed by atoms with Crippen LogP contribution in [0.25, 0.3) is 5.52 Å². The average Bonchev–Trinajstić information content (AvgIpc) is 3.01. The van der Waals surface area contributed by atoms with Gasteiger partial charge >= 0.3 is 0 Å². The van der Waals surface area contributed by atoms with Crippen LogP contribution in [0.4, 0.5) is 5.69 Å².